The van der Waals surface area contributed by atoms with Gasteiger partial charge in [-0.1, -0.05) is 0 Å². The molecule has 0 amide bonds. The van der Waals surface area contributed by atoms with Crippen molar-refractivity contribution < 1.29 is 4.74 Å². The fraction of sp³-hybridized carbons (Fsp3) is 0.167. The van der Waals surface area contributed by atoms with Gasteiger partial charge in [0, 0.05) is 0 Å². The molecule has 0 radical (unpaired) electrons. The van der Waals surface area contributed by atoms with E-state index < -0.39 is 0 Å². The summed E-state index contributed by atoms with van der Waals surface area (Å²) in [6, 6.07) is 9.15. The first kappa shape index (κ1) is 13.0. The second-order valence-electron chi connectivity index (χ2n) is 3.65. The average molecular weight is 273 g/mol. The zero-order chi connectivity index (χ0) is 13.7. The maximum atomic E-state index is 8.41. The summed E-state index contributed by atoms with van der Waals surface area (Å²) in [5.74, 6) is 1.34. The molecule has 0 unspecified atom stereocenters. The second-order valence-corrected chi connectivity index (χ2v) is 4.03. The number of hydrogen-bond acceptors (Lipinski definition) is 5. The van der Waals surface area contributed by atoms with Gasteiger partial charge in [0.1, 0.15) is 17.6 Å². The fourth-order valence-electron chi connectivity index (χ4n) is 1.40. The van der Waals surface area contributed by atoms with Crippen LogP contribution in [0.2, 0.25) is 0 Å². The van der Waals surface area contributed by atoms with Crippen LogP contribution in [-0.2, 0) is 0 Å². The van der Waals surface area contributed by atoms with Crippen LogP contribution in [0, 0.1) is 23.0 Å². The largest absolute Gasteiger partial charge is 0.479 e. The number of ether oxygens (including phenoxy) is 1. The molecule has 1 aromatic heterocycles. The first-order valence-corrected chi connectivity index (χ1v) is 5.90. The van der Waals surface area contributed by atoms with E-state index in [1.54, 1.807) is 18.3 Å². The molecule has 1 N–H and O–H groups in total. The van der Waals surface area contributed by atoms with Crippen LogP contribution in [0.15, 0.2) is 29.4 Å². The van der Waals surface area contributed by atoms with Crippen molar-refractivity contribution in [3.05, 3.63) is 40.4 Å². The number of nitrogens with zero attached hydrogens (tertiary/aromatic N) is 4. The summed E-state index contributed by atoms with van der Waals surface area (Å²) < 4.78 is 7.14. The maximum Gasteiger partial charge on any atom is 0.216 e. The van der Waals surface area contributed by atoms with E-state index in [0.717, 1.165) is 5.56 Å². The summed E-state index contributed by atoms with van der Waals surface area (Å²) >= 11 is 5.04. The molecule has 0 aliphatic rings. The molecule has 1 heterocycles. The van der Waals surface area contributed by atoms with Crippen molar-refractivity contribution in [1.29, 1.82) is 5.26 Å². The minimum Gasteiger partial charge on any atom is -0.479 e. The van der Waals surface area contributed by atoms with E-state index in [0.29, 0.717) is 16.3 Å². The summed E-state index contributed by atoms with van der Waals surface area (Å²) in [6.07, 6.45) is 1.67. The van der Waals surface area contributed by atoms with E-state index in [1.807, 2.05) is 25.1 Å². The Hall–Kier alpha value is -2.46. The van der Waals surface area contributed by atoms with Crippen LogP contribution >= 0.6 is 12.2 Å². The zero-order valence-corrected chi connectivity index (χ0v) is 11.0. The molecule has 0 aliphatic carbocycles. The van der Waals surface area contributed by atoms with E-state index in [4.69, 9.17) is 22.2 Å². The molecule has 0 bridgehead atoms. The zero-order valence-electron chi connectivity index (χ0n) is 10.2. The molecule has 96 valence electrons. The van der Waals surface area contributed by atoms with Crippen LogP contribution in [0.5, 0.6) is 5.75 Å². The summed E-state index contributed by atoms with van der Waals surface area (Å²) in [5, 5.41) is 19.2. The lowest BCUT2D eigenvalue weighted by Crippen LogP contribution is -1.95. The molecule has 0 saturated heterocycles. The van der Waals surface area contributed by atoms with E-state index in [2.05, 4.69) is 15.3 Å². The highest BCUT2D eigenvalue weighted by molar-refractivity contribution is 7.71. The van der Waals surface area contributed by atoms with Crippen LogP contribution in [0.25, 0.3) is 0 Å². The predicted molar refractivity (Wildman–Crippen MR) is 72.7 cm³/mol. The molecule has 19 heavy (non-hydrogen) atoms. The fourth-order valence-corrected chi connectivity index (χ4v) is 1.62. The van der Waals surface area contributed by atoms with Gasteiger partial charge in [0.15, 0.2) is 6.61 Å². The Kier molecular flexibility index (Phi) is 4.05. The van der Waals surface area contributed by atoms with Gasteiger partial charge < -0.3 is 4.74 Å². The molecule has 2 aromatic rings. The SMILES string of the molecule is Cc1n[nH]c(=S)n1/N=C\c1ccc(OCC#N)cc1. The lowest BCUT2D eigenvalue weighted by atomic mass is 10.2. The van der Waals surface area contributed by atoms with Crippen molar-refractivity contribution in [3.63, 3.8) is 0 Å². The molecular formula is C12H11N5OS. The maximum absolute atomic E-state index is 8.41. The van der Waals surface area contributed by atoms with E-state index in [1.165, 1.54) is 4.68 Å². The van der Waals surface area contributed by atoms with Crippen molar-refractivity contribution in [2.75, 3.05) is 6.61 Å². The number of aromatic nitrogens is 3. The lowest BCUT2D eigenvalue weighted by Gasteiger charge is -2.01. The van der Waals surface area contributed by atoms with Crippen LogP contribution in [0.4, 0.5) is 0 Å². The van der Waals surface area contributed by atoms with Gasteiger partial charge in [-0.2, -0.15) is 20.1 Å². The number of nitrogens with one attached hydrogen (secondary N) is 1. The predicted octanol–water partition coefficient (Wildman–Crippen LogP) is 2.03. The molecule has 6 nitrogen and oxygen atoms in total. The molecule has 0 fully saturated rings. The third-order valence-corrected chi connectivity index (χ3v) is 2.58. The van der Waals surface area contributed by atoms with Gasteiger partial charge in [-0.25, -0.2) is 0 Å². The first-order chi connectivity index (χ1) is 9.20. The van der Waals surface area contributed by atoms with Gasteiger partial charge in [-0.05, 0) is 49.0 Å². The quantitative estimate of drug-likeness (QED) is 0.683. The molecule has 0 aliphatic heterocycles. The number of benzene rings is 1. The number of aryl methyl sites for hydroxylation is 1. The van der Waals surface area contributed by atoms with Crippen molar-refractivity contribution in [2.45, 2.75) is 6.92 Å². The highest BCUT2D eigenvalue weighted by atomic mass is 32.1. The molecule has 1 aromatic carbocycles. The van der Waals surface area contributed by atoms with Crippen molar-refractivity contribution >= 4 is 18.4 Å². The normalized spacial score (nSPS) is 10.5. The third-order valence-electron chi connectivity index (χ3n) is 2.32. The minimum atomic E-state index is 0.0385. The Bertz CT molecular complexity index is 677. The summed E-state index contributed by atoms with van der Waals surface area (Å²) in [6.45, 7) is 1.85. The van der Waals surface area contributed by atoms with E-state index >= 15 is 0 Å². The highest BCUT2D eigenvalue weighted by Gasteiger charge is 1.97. The van der Waals surface area contributed by atoms with Crippen LogP contribution in [0.3, 0.4) is 0 Å². The topological polar surface area (TPSA) is 79.0 Å². The molecule has 7 heteroatoms. The van der Waals surface area contributed by atoms with Gasteiger partial charge in [-0.15, -0.1) is 0 Å². The van der Waals surface area contributed by atoms with Gasteiger partial charge in [0.2, 0.25) is 4.77 Å². The van der Waals surface area contributed by atoms with E-state index in [-0.39, 0.29) is 6.61 Å². The van der Waals surface area contributed by atoms with Crippen LogP contribution < -0.4 is 4.74 Å². The van der Waals surface area contributed by atoms with E-state index in [9.17, 15) is 0 Å². The molecular weight excluding hydrogens is 262 g/mol. The average Bonchev–Trinajstić information content (AvgIpc) is 2.75. The van der Waals surface area contributed by atoms with Gasteiger partial charge >= 0.3 is 0 Å². The summed E-state index contributed by atoms with van der Waals surface area (Å²) in [4.78, 5) is 0. The Labute approximate surface area is 115 Å². The number of nitriles is 1. The Balaban J connectivity index is 2.12. The van der Waals surface area contributed by atoms with Crippen molar-refractivity contribution in [1.82, 2.24) is 14.9 Å². The molecule has 2 rings (SSSR count). The van der Waals surface area contributed by atoms with Crippen molar-refractivity contribution in [2.24, 2.45) is 5.10 Å². The Morgan fingerprint density at radius 1 is 1.53 bits per heavy atom. The van der Waals surface area contributed by atoms with Crippen LogP contribution in [0.1, 0.15) is 11.4 Å². The number of H-pyrrole nitrogens is 1. The Morgan fingerprint density at radius 2 is 2.26 bits per heavy atom. The smallest absolute Gasteiger partial charge is 0.216 e. The van der Waals surface area contributed by atoms with Gasteiger partial charge in [-0.3, -0.25) is 5.10 Å². The molecule has 0 atom stereocenters. The van der Waals surface area contributed by atoms with Crippen LogP contribution in [-0.4, -0.2) is 27.7 Å². The number of rotatable bonds is 4. The molecule has 0 saturated carbocycles. The summed E-state index contributed by atoms with van der Waals surface area (Å²) in [5.41, 5.74) is 0.895. The standard InChI is InChI=1S/C12H11N5OS/c1-9-15-16-12(19)17(9)14-8-10-2-4-11(5-3-10)18-7-6-13/h2-5,8H,7H2,1H3,(H,16,19)/b14-8-. The summed E-state index contributed by atoms with van der Waals surface area (Å²) in [7, 11) is 0. The monoisotopic (exact) mass is 273 g/mol. The van der Waals surface area contributed by atoms with Gasteiger partial charge in [0.05, 0.1) is 6.21 Å². The first-order valence-electron chi connectivity index (χ1n) is 5.49. The number of aromatic amines is 1. The Morgan fingerprint density at radius 3 is 2.84 bits per heavy atom. The highest BCUT2D eigenvalue weighted by Crippen LogP contribution is 2.10. The van der Waals surface area contributed by atoms with Crippen molar-refractivity contribution in [3.8, 4) is 11.8 Å². The second kappa shape index (κ2) is 5.93. The minimum absolute atomic E-state index is 0.0385. The van der Waals surface area contributed by atoms with Gasteiger partial charge in [0.25, 0.3) is 0 Å². The lowest BCUT2D eigenvalue weighted by molar-refractivity contribution is 0.368. The molecule has 0 spiro atoms. The third kappa shape index (κ3) is 3.26. The number of hydrogen-bond donors (Lipinski definition) is 1.